The number of aliphatic hydroxyl groups excluding tert-OH is 1. The average Bonchev–Trinajstić information content (AvgIpc) is 1.81. The standard InChI is InChI=1S/C56H78O27/c1-25-20-55-18-14-38-53(11,16-13-17-54(38,12)52(67)68)39(55)15-19-56(25,24-55)83-51-48(82-50-47(77-34(10)65)45(76-33(9)64)42(73-30(6)61)36(79-50)22-70-27(3)58)46(43(74-31(7)62)37(80-51)23-71-28(4)59)81-49-40(66)44(75-32(8)63)41(72-29(5)60)35(78-49)21-69-26(2)57/h35-51,66H,1,13-24H2,2-12H3,(H,67,68)/t35-,36-,37-,38+,39+,40-,41-,42-,43-,44-,45+,46+,47-,48-,49+,50+,51+,53-,54-,55-,56+/m1/s1. The van der Waals surface area contributed by atoms with E-state index in [0.29, 0.717) is 56.9 Å². The lowest BCUT2D eigenvalue weighted by atomic mass is 9.41. The van der Waals surface area contributed by atoms with Crippen molar-refractivity contribution in [3.05, 3.63) is 12.2 Å². The Labute approximate surface area is 479 Å². The highest BCUT2D eigenvalue weighted by Crippen LogP contribution is 2.73. The van der Waals surface area contributed by atoms with Crippen LogP contribution < -0.4 is 0 Å². The molecule has 27 nitrogen and oxygen atoms in total. The highest BCUT2D eigenvalue weighted by Gasteiger charge is 2.70. The highest BCUT2D eigenvalue weighted by molar-refractivity contribution is 5.75. The summed E-state index contributed by atoms with van der Waals surface area (Å²) in [6, 6.07) is 0. The molecule has 4 saturated carbocycles. The SMILES string of the molecule is C=C1C[C@@]23CC[C@H]4[C@@](C)(CCC[C@@]4(C)C(=O)O)[C@@H]2CC[C@]1(O[C@@H]1O[C@H](COC(C)=O)[C@@H](OC(C)=O)[C@H](O[C@@H]2O[C@H](COC(C)=O)[C@@H](OC(C)=O)[C@H](OC(C)=O)[C@H]2O)[C@H]1O[C@@H]1O[C@H](COC(C)=O)[C@@H](OC(C)=O)[C@H](OC(C)=O)[C@H]1OC(C)=O)C3. The Morgan fingerprint density at radius 3 is 1.41 bits per heavy atom. The summed E-state index contributed by atoms with van der Waals surface area (Å²) >= 11 is 0. The highest BCUT2D eigenvalue weighted by atomic mass is 16.8. The van der Waals surface area contributed by atoms with Crippen molar-refractivity contribution in [1.82, 2.24) is 0 Å². The average molecular weight is 1180 g/mol. The van der Waals surface area contributed by atoms with Gasteiger partial charge in [-0.3, -0.25) is 47.9 Å². The van der Waals surface area contributed by atoms with Crippen molar-refractivity contribution >= 4 is 59.7 Å². The van der Waals surface area contributed by atoms with Crippen LogP contribution in [0.15, 0.2) is 12.2 Å². The van der Waals surface area contributed by atoms with Crippen molar-refractivity contribution in [2.75, 3.05) is 19.8 Å². The number of aliphatic carboxylic acids is 1. The fraction of sp³-hybridized carbons (Fsp3) is 0.786. The van der Waals surface area contributed by atoms with Crippen LogP contribution >= 0.6 is 0 Å². The molecule has 3 heterocycles. The first kappa shape index (κ1) is 64.7. The van der Waals surface area contributed by atoms with Crippen LogP contribution in [0, 0.1) is 28.1 Å². The zero-order valence-electron chi connectivity index (χ0n) is 48.6. The molecule has 27 heteroatoms. The van der Waals surface area contributed by atoms with Gasteiger partial charge in [-0.2, -0.15) is 0 Å². The summed E-state index contributed by atoms with van der Waals surface area (Å²) < 4.78 is 90.7. The van der Waals surface area contributed by atoms with E-state index < -0.39 is 188 Å². The molecule has 7 aliphatic rings. The minimum Gasteiger partial charge on any atom is -0.481 e. The predicted molar refractivity (Wildman–Crippen MR) is 273 cm³/mol. The molecule has 4 aliphatic carbocycles. The number of hydrogen-bond acceptors (Lipinski definition) is 26. The van der Waals surface area contributed by atoms with Crippen LogP contribution in [-0.2, 0) is 119 Å². The van der Waals surface area contributed by atoms with Crippen molar-refractivity contribution in [2.45, 2.75) is 232 Å². The topological polar surface area (TPSA) is 350 Å². The van der Waals surface area contributed by atoms with Crippen LogP contribution in [0.25, 0.3) is 0 Å². The lowest BCUT2D eigenvalue weighted by Crippen LogP contribution is -2.69. The van der Waals surface area contributed by atoms with Gasteiger partial charge in [0, 0.05) is 62.3 Å². The van der Waals surface area contributed by atoms with E-state index in [4.69, 9.17) is 71.1 Å². The summed E-state index contributed by atoms with van der Waals surface area (Å²) in [7, 11) is 0. The van der Waals surface area contributed by atoms with Gasteiger partial charge in [-0.25, -0.2) is 0 Å². The van der Waals surface area contributed by atoms with Crippen molar-refractivity contribution in [3.63, 3.8) is 0 Å². The minimum absolute atomic E-state index is 0.0210. The quantitative estimate of drug-likeness (QED) is 0.0812. The van der Waals surface area contributed by atoms with Crippen LogP contribution in [0.3, 0.4) is 0 Å². The third-order valence-electron chi connectivity index (χ3n) is 17.5. The predicted octanol–water partition coefficient (Wildman–Crippen LogP) is 2.76. The Morgan fingerprint density at radius 1 is 0.494 bits per heavy atom. The van der Waals surface area contributed by atoms with Gasteiger partial charge in [0.05, 0.1) is 11.0 Å². The largest absolute Gasteiger partial charge is 0.481 e. The molecule has 1 spiro atoms. The molecular weight excluding hydrogens is 1100 g/mol. The zero-order valence-corrected chi connectivity index (χ0v) is 48.6. The number of carboxylic acid groups (broad SMARTS) is 1. The lowest BCUT2D eigenvalue weighted by molar-refractivity contribution is -0.400. The molecule has 7 rings (SSSR count). The third-order valence-corrected chi connectivity index (χ3v) is 17.5. The molecule has 0 unspecified atom stereocenters. The number of carbonyl (C=O) groups excluding carboxylic acids is 9. The van der Waals surface area contributed by atoms with E-state index >= 15 is 0 Å². The Bertz CT molecular complexity index is 2520. The molecule has 0 radical (unpaired) electrons. The third kappa shape index (κ3) is 14.0. The maximum atomic E-state index is 13.4. The maximum Gasteiger partial charge on any atom is 0.309 e. The van der Waals surface area contributed by atoms with Gasteiger partial charge in [0.15, 0.2) is 55.5 Å². The molecule has 464 valence electrons. The van der Waals surface area contributed by atoms with Crippen LogP contribution in [-0.4, -0.2) is 187 Å². The van der Waals surface area contributed by atoms with Crippen LogP contribution in [0.4, 0.5) is 0 Å². The smallest absolute Gasteiger partial charge is 0.309 e. The minimum atomic E-state index is -2.13. The first-order valence-corrected chi connectivity index (χ1v) is 27.8. The normalized spacial score (nSPS) is 39.9. The molecule has 21 atom stereocenters. The fourth-order valence-electron chi connectivity index (χ4n) is 14.5. The molecule has 0 amide bonds. The number of rotatable bonds is 19. The van der Waals surface area contributed by atoms with E-state index in [2.05, 4.69) is 13.5 Å². The number of fused-ring (bicyclic) bond motifs is 3. The number of aliphatic hydroxyl groups is 1. The summed E-state index contributed by atoms with van der Waals surface area (Å²) in [4.78, 5) is 128. The van der Waals surface area contributed by atoms with Crippen molar-refractivity contribution < 1.29 is 129 Å². The van der Waals surface area contributed by atoms with Gasteiger partial charge in [-0.05, 0) is 86.5 Å². The summed E-state index contributed by atoms with van der Waals surface area (Å²) in [6.07, 6.45) is -22.4. The number of hydrogen-bond donors (Lipinski definition) is 2. The summed E-state index contributed by atoms with van der Waals surface area (Å²) in [6.45, 7) is 15.9. The summed E-state index contributed by atoms with van der Waals surface area (Å²) in [5, 5.41) is 22.9. The maximum absolute atomic E-state index is 13.4. The van der Waals surface area contributed by atoms with Gasteiger partial charge in [-0.15, -0.1) is 0 Å². The first-order chi connectivity index (χ1) is 38.8. The second kappa shape index (κ2) is 25.8. The van der Waals surface area contributed by atoms with E-state index in [1.54, 1.807) is 0 Å². The number of esters is 9. The second-order valence-corrected chi connectivity index (χ2v) is 23.4. The zero-order chi connectivity index (χ0) is 61.3. The molecule has 2 bridgehead atoms. The number of ether oxygens (including phenoxy) is 15. The molecule has 3 aliphatic heterocycles. The van der Waals surface area contributed by atoms with E-state index in [1.165, 1.54) is 0 Å². The molecule has 0 aromatic carbocycles. The Balaban J connectivity index is 1.41. The van der Waals surface area contributed by atoms with Crippen molar-refractivity contribution in [3.8, 4) is 0 Å². The van der Waals surface area contributed by atoms with E-state index in [-0.39, 0.29) is 17.3 Å². The van der Waals surface area contributed by atoms with Crippen LogP contribution in [0.1, 0.15) is 134 Å². The molecule has 83 heavy (non-hydrogen) atoms. The van der Waals surface area contributed by atoms with Gasteiger partial charge in [0.25, 0.3) is 0 Å². The first-order valence-electron chi connectivity index (χ1n) is 27.8. The Morgan fingerprint density at radius 2 is 0.916 bits per heavy atom. The van der Waals surface area contributed by atoms with Gasteiger partial charge < -0.3 is 81.3 Å². The summed E-state index contributed by atoms with van der Waals surface area (Å²) in [5.74, 6) is -9.20. The van der Waals surface area contributed by atoms with Crippen LogP contribution in [0.2, 0.25) is 0 Å². The fourth-order valence-corrected chi connectivity index (χ4v) is 14.5. The molecule has 2 N–H and O–H groups in total. The summed E-state index contributed by atoms with van der Waals surface area (Å²) in [5.41, 5.74) is -2.44. The van der Waals surface area contributed by atoms with Gasteiger partial charge in [-0.1, -0.05) is 19.9 Å². The molecule has 0 aromatic heterocycles. The van der Waals surface area contributed by atoms with Crippen molar-refractivity contribution in [1.29, 1.82) is 0 Å². The number of carboxylic acids is 1. The van der Waals surface area contributed by atoms with Gasteiger partial charge in [0.2, 0.25) is 0 Å². The molecule has 7 fully saturated rings. The van der Waals surface area contributed by atoms with Gasteiger partial charge in [0.1, 0.15) is 56.4 Å². The van der Waals surface area contributed by atoms with E-state index in [1.807, 2.05) is 6.92 Å². The van der Waals surface area contributed by atoms with E-state index in [0.717, 1.165) is 68.7 Å². The Hall–Kier alpha value is -5.84. The van der Waals surface area contributed by atoms with E-state index in [9.17, 15) is 58.2 Å². The van der Waals surface area contributed by atoms with Crippen molar-refractivity contribution in [2.24, 2.45) is 28.1 Å². The molecule has 3 saturated heterocycles. The molecular formula is C56H78O27. The molecule has 0 aromatic rings. The van der Waals surface area contributed by atoms with Crippen LogP contribution in [0.5, 0.6) is 0 Å². The lowest BCUT2D eigenvalue weighted by Gasteiger charge is -2.64. The second-order valence-electron chi connectivity index (χ2n) is 23.4. The Kier molecular flexibility index (Phi) is 20.1. The van der Waals surface area contributed by atoms with Gasteiger partial charge >= 0.3 is 59.7 Å². The monoisotopic (exact) mass is 1180 g/mol. The number of carbonyl (C=O) groups is 10.